The van der Waals surface area contributed by atoms with Crippen LogP contribution in [0.2, 0.25) is 0 Å². The van der Waals surface area contributed by atoms with Crippen molar-refractivity contribution in [1.29, 1.82) is 0 Å². The maximum absolute atomic E-state index is 6.07. The molecule has 1 spiro atoms. The van der Waals surface area contributed by atoms with Crippen LogP contribution in [0.15, 0.2) is 24.5 Å². The van der Waals surface area contributed by atoms with Gasteiger partial charge >= 0.3 is 0 Å². The summed E-state index contributed by atoms with van der Waals surface area (Å²) in [6.45, 7) is 4.51. The topological polar surface area (TPSA) is 43.8 Å². The first-order valence-electron chi connectivity index (χ1n) is 7.22. The molecule has 2 fully saturated rings. The minimum atomic E-state index is -0.0133. The van der Waals surface area contributed by atoms with Gasteiger partial charge in [-0.25, -0.2) is 0 Å². The highest BCUT2D eigenvalue weighted by molar-refractivity contribution is 5.16. The third-order valence-electron chi connectivity index (χ3n) is 4.12. The Hall–Kier alpha value is -1.17. The predicted octanol–water partition coefficient (Wildman–Crippen LogP) is 1.34. The fourth-order valence-corrected chi connectivity index (χ4v) is 3.11. The fourth-order valence-electron chi connectivity index (χ4n) is 3.11. The van der Waals surface area contributed by atoms with E-state index in [1.165, 1.54) is 0 Å². The maximum Gasteiger partial charge on any atom is 0.138 e. The van der Waals surface area contributed by atoms with E-state index in [4.69, 9.17) is 14.2 Å². The number of methoxy groups -OCH3 is 1. The molecule has 0 aliphatic carbocycles. The third-order valence-corrected chi connectivity index (χ3v) is 4.12. The van der Waals surface area contributed by atoms with Crippen LogP contribution in [0.3, 0.4) is 0 Å². The lowest BCUT2D eigenvalue weighted by Crippen LogP contribution is -2.34. The van der Waals surface area contributed by atoms with Crippen LogP contribution in [0.4, 0.5) is 0 Å². The van der Waals surface area contributed by atoms with Gasteiger partial charge in [-0.1, -0.05) is 0 Å². The molecule has 2 aliphatic rings. The first kappa shape index (κ1) is 13.8. The minimum Gasteiger partial charge on any atom is -0.486 e. The van der Waals surface area contributed by atoms with Crippen molar-refractivity contribution in [3.05, 3.63) is 24.5 Å². The number of rotatable bonds is 5. The van der Waals surface area contributed by atoms with E-state index < -0.39 is 0 Å². The standard InChI is InChI=1S/C15H22N2O3/c1-18-8-7-17-6-4-15(12-17)9-14(11-19-15)20-13-3-2-5-16-10-13/h2-3,5,10,14H,4,6-9,11-12H2,1H3/t14-,15-/m0/s1. The Kier molecular flexibility index (Phi) is 4.19. The van der Waals surface area contributed by atoms with E-state index in [1.807, 2.05) is 12.1 Å². The zero-order valence-corrected chi connectivity index (χ0v) is 12.0. The molecule has 110 valence electrons. The monoisotopic (exact) mass is 278 g/mol. The van der Waals surface area contributed by atoms with Crippen LogP contribution in [-0.4, -0.2) is 61.5 Å². The molecule has 20 heavy (non-hydrogen) atoms. The van der Waals surface area contributed by atoms with E-state index in [9.17, 15) is 0 Å². The van der Waals surface area contributed by atoms with Crippen LogP contribution in [0.25, 0.3) is 0 Å². The lowest BCUT2D eigenvalue weighted by Gasteiger charge is -2.23. The van der Waals surface area contributed by atoms with Gasteiger partial charge in [-0.05, 0) is 18.6 Å². The van der Waals surface area contributed by atoms with Gasteiger partial charge in [-0.3, -0.25) is 9.88 Å². The van der Waals surface area contributed by atoms with Crippen LogP contribution in [-0.2, 0) is 9.47 Å². The molecular formula is C15H22N2O3. The zero-order valence-electron chi connectivity index (χ0n) is 12.0. The molecule has 0 amide bonds. The maximum atomic E-state index is 6.07. The van der Waals surface area contributed by atoms with E-state index in [-0.39, 0.29) is 11.7 Å². The zero-order chi connectivity index (χ0) is 13.8. The van der Waals surface area contributed by atoms with Crippen molar-refractivity contribution < 1.29 is 14.2 Å². The van der Waals surface area contributed by atoms with Crippen molar-refractivity contribution in [3.63, 3.8) is 0 Å². The highest BCUT2D eigenvalue weighted by Crippen LogP contribution is 2.36. The van der Waals surface area contributed by atoms with Crippen molar-refractivity contribution in [2.75, 3.05) is 40.0 Å². The summed E-state index contributed by atoms with van der Waals surface area (Å²) < 4.78 is 17.2. The molecule has 3 rings (SSSR count). The summed E-state index contributed by atoms with van der Waals surface area (Å²) in [6.07, 6.45) is 5.70. The molecule has 0 bridgehead atoms. The van der Waals surface area contributed by atoms with Crippen LogP contribution in [0.1, 0.15) is 12.8 Å². The lowest BCUT2D eigenvalue weighted by atomic mass is 9.98. The molecule has 1 aromatic rings. The van der Waals surface area contributed by atoms with E-state index in [1.54, 1.807) is 19.5 Å². The first-order chi connectivity index (χ1) is 9.80. The number of hydrogen-bond donors (Lipinski definition) is 0. The molecule has 0 unspecified atom stereocenters. The summed E-state index contributed by atoms with van der Waals surface area (Å²) >= 11 is 0. The summed E-state index contributed by atoms with van der Waals surface area (Å²) in [5, 5.41) is 0. The van der Waals surface area contributed by atoms with Crippen LogP contribution < -0.4 is 4.74 Å². The molecule has 0 saturated carbocycles. The average molecular weight is 278 g/mol. The molecule has 5 heteroatoms. The Morgan fingerprint density at radius 1 is 1.55 bits per heavy atom. The first-order valence-corrected chi connectivity index (χ1v) is 7.22. The molecular weight excluding hydrogens is 256 g/mol. The van der Waals surface area contributed by atoms with Crippen molar-refractivity contribution in [1.82, 2.24) is 9.88 Å². The van der Waals surface area contributed by atoms with Crippen molar-refractivity contribution >= 4 is 0 Å². The molecule has 2 saturated heterocycles. The molecule has 2 aliphatic heterocycles. The van der Waals surface area contributed by atoms with Gasteiger partial charge in [-0.2, -0.15) is 0 Å². The van der Waals surface area contributed by atoms with Gasteiger partial charge in [-0.15, -0.1) is 0 Å². The molecule has 0 radical (unpaired) electrons. The Morgan fingerprint density at radius 3 is 3.30 bits per heavy atom. The Bertz CT molecular complexity index is 428. The minimum absolute atomic E-state index is 0.0133. The third kappa shape index (κ3) is 3.11. The lowest BCUT2D eigenvalue weighted by molar-refractivity contribution is 0.00836. The van der Waals surface area contributed by atoms with Gasteiger partial charge in [0.15, 0.2) is 0 Å². The van der Waals surface area contributed by atoms with Gasteiger partial charge in [0.25, 0.3) is 0 Å². The van der Waals surface area contributed by atoms with Crippen molar-refractivity contribution in [2.24, 2.45) is 0 Å². The fraction of sp³-hybridized carbons (Fsp3) is 0.667. The average Bonchev–Trinajstić information content (AvgIpc) is 3.05. The van der Waals surface area contributed by atoms with Gasteiger partial charge in [0.05, 0.1) is 25.0 Å². The Morgan fingerprint density at radius 2 is 2.50 bits per heavy atom. The summed E-state index contributed by atoms with van der Waals surface area (Å²) in [5.41, 5.74) is -0.0133. The summed E-state index contributed by atoms with van der Waals surface area (Å²) in [5.74, 6) is 0.826. The predicted molar refractivity (Wildman–Crippen MR) is 74.9 cm³/mol. The number of aromatic nitrogens is 1. The van der Waals surface area contributed by atoms with Crippen LogP contribution in [0.5, 0.6) is 5.75 Å². The summed E-state index contributed by atoms with van der Waals surface area (Å²) in [6, 6.07) is 3.83. The Labute approximate surface area is 119 Å². The van der Waals surface area contributed by atoms with Crippen molar-refractivity contribution in [3.8, 4) is 5.75 Å². The number of ether oxygens (including phenoxy) is 3. The van der Waals surface area contributed by atoms with E-state index in [0.29, 0.717) is 6.61 Å². The molecule has 5 nitrogen and oxygen atoms in total. The normalized spacial score (nSPS) is 30.1. The number of likely N-dealkylation sites (tertiary alicyclic amines) is 1. The van der Waals surface area contributed by atoms with E-state index in [0.717, 1.165) is 44.8 Å². The van der Waals surface area contributed by atoms with Gasteiger partial charge in [0, 0.05) is 39.4 Å². The number of pyridine rings is 1. The molecule has 3 heterocycles. The SMILES string of the molecule is COCCN1CC[C@]2(C[C@H](Oc3cccnc3)CO2)C1. The van der Waals surface area contributed by atoms with Gasteiger partial charge in [0.2, 0.25) is 0 Å². The van der Waals surface area contributed by atoms with Gasteiger partial charge in [0.1, 0.15) is 11.9 Å². The second-order valence-corrected chi connectivity index (χ2v) is 5.65. The molecule has 0 aromatic carbocycles. The number of nitrogens with zero attached hydrogens (tertiary/aromatic N) is 2. The quantitative estimate of drug-likeness (QED) is 0.813. The second-order valence-electron chi connectivity index (χ2n) is 5.65. The Balaban J connectivity index is 1.52. The number of hydrogen-bond acceptors (Lipinski definition) is 5. The molecule has 2 atom stereocenters. The molecule has 0 N–H and O–H groups in total. The summed E-state index contributed by atoms with van der Waals surface area (Å²) in [7, 11) is 1.75. The highest BCUT2D eigenvalue weighted by Gasteiger charge is 2.46. The smallest absolute Gasteiger partial charge is 0.138 e. The van der Waals surface area contributed by atoms with E-state index in [2.05, 4.69) is 9.88 Å². The van der Waals surface area contributed by atoms with Gasteiger partial charge < -0.3 is 14.2 Å². The second kappa shape index (κ2) is 6.08. The largest absolute Gasteiger partial charge is 0.486 e. The summed E-state index contributed by atoms with van der Waals surface area (Å²) in [4.78, 5) is 6.49. The van der Waals surface area contributed by atoms with Crippen LogP contribution >= 0.6 is 0 Å². The molecule has 1 aromatic heterocycles. The van der Waals surface area contributed by atoms with Crippen molar-refractivity contribution in [2.45, 2.75) is 24.5 Å². The highest BCUT2D eigenvalue weighted by atomic mass is 16.6. The van der Waals surface area contributed by atoms with Crippen LogP contribution in [0, 0.1) is 0 Å². The van der Waals surface area contributed by atoms with E-state index >= 15 is 0 Å².